The third kappa shape index (κ3) is 2.46. The second kappa shape index (κ2) is 5.00. The van der Waals surface area contributed by atoms with E-state index in [9.17, 15) is 9.90 Å². The van der Waals surface area contributed by atoms with Crippen LogP contribution in [-0.2, 0) is 4.79 Å². The van der Waals surface area contributed by atoms with Crippen molar-refractivity contribution >= 4 is 21.9 Å². The molecule has 0 saturated heterocycles. The molecule has 0 heterocycles. The first-order valence-corrected chi connectivity index (χ1v) is 6.45. The van der Waals surface area contributed by atoms with E-state index < -0.39 is 5.97 Å². The topological polar surface area (TPSA) is 37.3 Å². The van der Waals surface area contributed by atoms with Crippen LogP contribution in [-0.4, -0.2) is 11.1 Å². The number of rotatable bonds is 4. The molecule has 0 aliphatic heterocycles. The molecule has 1 atom stereocenters. The van der Waals surface area contributed by atoms with E-state index in [-0.39, 0.29) is 5.92 Å². The third-order valence-corrected chi connectivity index (χ3v) is 4.09. The number of halogens is 1. The minimum atomic E-state index is -0.709. The largest absolute Gasteiger partial charge is 0.481 e. The molecule has 2 rings (SSSR count). The molecule has 0 amide bonds. The number of carboxylic acids is 1. The van der Waals surface area contributed by atoms with Crippen molar-refractivity contribution in [3.05, 3.63) is 34.3 Å². The maximum atomic E-state index is 11.3. The predicted molar refractivity (Wildman–Crippen MR) is 66.5 cm³/mol. The van der Waals surface area contributed by atoms with Crippen molar-refractivity contribution < 1.29 is 9.90 Å². The molecule has 1 saturated carbocycles. The third-order valence-electron chi connectivity index (χ3n) is 3.37. The van der Waals surface area contributed by atoms with Gasteiger partial charge in [0.05, 0.1) is 5.92 Å². The average Bonchev–Trinajstić information content (AvgIpc) is 2.18. The van der Waals surface area contributed by atoms with Gasteiger partial charge in [0.25, 0.3) is 0 Å². The van der Waals surface area contributed by atoms with Crippen molar-refractivity contribution in [3.63, 3.8) is 0 Å². The van der Waals surface area contributed by atoms with Crippen molar-refractivity contribution in [1.82, 2.24) is 0 Å². The molecule has 0 spiro atoms. The van der Waals surface area contributed by atoms with E-state index in [1.807, 2.05) is 24.3 Å². The van der Waals surface area contributed by atoms with Crippen LogP contribution in [0, 0.1) is 5.92 Å². The summed E-state index contributed by atoms with van der Waals surface area (Å²) < 4.78 is 0.904. The molecule has 0 bridgehead atoms. The Morgan fingerprint density at radius 1 is 1.44 bits per heavy atom. The van der Waals surface area contributed by atoms with Gasteiger partial charge in [-0.1, -0.05) is 53.4 Å². The van der Waals surface area contributed by atoms with Crippen LogP contribution in [0.4, 0.5) is 0 Å². The summed E-state index contributed by atoms with van der Waals surface area (Å²) in [6, 6.07) is 7.63. The highest BCUT2D eigenvalue weighted by atomic mass is 79.9. The van der Waals surface area contributed by atoms with Crippen molar-refractivity contribution in [2.45, 2.75) is 31.6 Å². The van der Waals surface area contributed by atoms with Crippen LogP contribution in [0.25, 0.3) is 0 Å². The van der Waals surface area contributed by atoms with E-state index in [1.165, 1.54) is 19.3 Å². The van der Waals surface area contributed by atoms with E-state index in [0.717, 1.165) is 16.5 Å². The van der Waals surface area contributed by atoms with Gasteiger partial charge in [0.1, 0.15) is 0 Å². The summed E-state index contributed by atoms with van der Waals surface area (Å²) in [6.45, 7) is 0. The van der Waals surface area contributed by atoms with Crippen molar-refractivity contribution in [2.24, 2.45) is 5.92 Å². The quantitative estimate of drug-likeness (QED) is 0.912. The van der Waals surface area contributed by atoms with Gasteiger partial charge in [0.15, 0.2) is 0 Å². The average molecular weight is 283 g/mol. The SMILES string of the molecule is O=C(O)C(CC1CCC1)c1ccccc1Br. The Morgan fingerprint density at radius 3 is 2.62 bits per heavy atom. The van der Waals surface area contributed by atoms with Gasteiger partial charge in [0, 0.05) is 4.47 Å². The van der Waals surface area contributed by atoms with Gasteiger partial charge in [-0.2, -0.15) is 0 Å². The highest BCUT2D eigenvalue weighted by molar-refractivity contribution is 9.10. The van der Waals surface area contributed by atoms with Gasteiger partial charge in [-0.05, 0) is 24.0 Å². The summed E-state index contributed by atoms with van der Waals surface area (Å²) >= 11 is 3.43. The number of carbonyl (C=O) groups is 1. The molecule has 2 nitrogen and oxygen atoms in total. The van der Waals surface area contributed by atoms with Gasteiger partial charge in [-0.25, -0.2) is 0 Å². The number of carboxylic acid groups (broad SMARTS) is 1. The Labute approximate surface area is 104 Å². The van der Waals surface area contributed by atoms with Gasteiger partial charge >= 0.3 is 5.97 Å². The van der Waals surface area contributed by atoms with Crippen LogP contribution in [0.15, 0.2) is 28.7 Å². The minimum Gasteiger partial charge on any atom is -0.481 e. The molecule has 1 unspecified atom stereocenters. The van der Waals surface area contributed by atoms with Gasteiger partial charge < -0.3 is 5.11 Å². The molecular formula is C13H15BrO2. The number of hydrogen-bond donors (Lipinski definition) is 1. The molecule has 1 fully saturated rings. The first-order valence-electron chi connectivity index (χ1n) is 5.65. The fourth-order valence-electron chi connectivity index (χ4n) is 2.18. The summed E-state index contributed by atoms with van der Waals surface area (Å²) in [5.74, 6) is -0.465. The van der Waals surface area contributed by atoms with Crippen molar-refractivity contribution in [2.75, 3.05) is 0 Å². The molecule has 1 aliphatic carbocycles. The highest BCUT2D eigenvalue weighted by Gasteiger charge is 2.28. The Bertz CT molecular complexity index is 385. The lowest BCUT2D eigenvalue weighted by Gasteiger charge is -2.28. The Hall–Kier alpha value is -0.830. The second-order valence-electron chi connectivity index (χ2n) is 4.44. The van der Waals surface area contributed by atoms with Crippen molar-refractivity contribution in [1.29, 1.82) is 0 Å². The second-order valence-corrected chi connectivity index (χ2v) is 5.30. The zero-order chi connectivity index (χ0) is 11.5. The standard InChI is InChI=1S/C13H15BrO2/c14-12-7-2-1-6-10(12)11(13(15)16)8-9-4-3-5-9/h1-2,6-7,9,11H,3-5,8H2,(H,15,16). The van der Waals surface area contributed by atoms with Gasteiger partial charge in [-0.3, -0.25) is 4.79 Å². The maximum Gasteiger partial charge on any atom is 0.311 e. The van der Waals surface area contributed by atoms with Crippen LogP contribution < -0.4 is 0 Å². The molecule has 0 aromatic heterocycles. The first-order chi connectivity index (χ1) is 7.68. The van der Waals surface area contributed by atoms with Crippen LogP contribution in [0.1, 0.15) is 37.2 Å². The summed E-state index contributed by atoms with van der Waals surface area (Å²) in [7, 11) is 0. The smallest absolute Gasteiger partial charge is 0.311 e. The fraction of sp³-hybridized carbons (Fsp3) is 0.462. The van der Waals surface area contributed by atoms with Crippen LogP contribution in [0.5, 0.6) is 0 Å². The van der Waals surface area contributed by atoms with E-state index in [0.29, 0.717) is 5.92 Å². The van der Waals surface area contributed by atoms with E-state index in [2.05, 4.69) is 15.9 Å². The zero-order valence-corrected chi connectivity index (χ0v) is 10.6. The van der Waals surface area contributed by atoms with Crippen LogP contribution >= 0.6 is 15.9 Å². The minimum absolute atomic E-state index is 0.360. The van der Waals surface area contributed by atoms with Gasteiger partial charge in [0.2, 0.25) is 0 Å². The van der Waals surface area contributed by atoms with Crippen LogP contribution in [0.3, 0.4) is 0 Å². The van der Waals surface area contributed by atoms with E-state index in [4.69, 9.17) is 0 Å². The number of aliphatic carboxylic acids is 1. The molecule has 1 aliphatic rings. The lowest BCUT2D eigenvalue weighted by atomic mass is 9.77. The summed E-state index contributed by atoms with van der Waals surface area (Å²) in [5.41, 5.74) is 0.905. The molecule has 1 N–H and O–H groups in total. The highest BCUT2D eigenvalue weighted by Crippen LogP contribution is 2.37. The number of hydrogen-bond acceptors (Lipinski definition) is 1. The molecule has 16 heavy (non-hydrogen) atoms. The number of benzene rings is 1. The Morgan fingerprint density at radius 2 is 2.12 bits per heavy atom. The van der Waals surface area contributed by atoms with E-state index >= 15 is 0 Å². The van der Waals surface area contributed by atoms with Gasteiger partial charge in [-0.15, -0.1) is 0 Å². The Balaban J connectivity index is 2.18. The molecule has 1 aromatic carbocycles. The first kappa shape index (κ1) is 11.6. The zero-order valence-electron chi connectivity index (χ0n) is 9.03. The molecule has 3 heteroatoms. The maximum absolute atomic E-state index is 11.3. The lowest BCUT2D eigenvalue weighted by molar-refractivity contribution is -0.139. The predicted octanol–water partition coefficient (Wildman–Crippen LogP) is 3.81. The normalized spacial score (nSPS) is 17.8. The molecular weight excluding hydrogens is 268 g/mol. The monoisotopic (exact) mass is 282 g/mol. The lowest BCUT2D eigenvalue weighted by Crippen LogP contribution is -2.20. The molecule has 1 aromatic rings. The summed E-state index contributed by atoms with van der Waals surface area (Å²) in [5, 5.41) is 9.30. The molecule has 86 valence electrons. The van der Waals surface area contributed by atoms with Crippen molar-refractivity contribution in [3.8, 4) is 0 Å². The molecule has 0 radical (unpaired) electrons. The fourth-order valence-corrected chi connectivity index (χ4v) is 2.74. The van der Waals surface area contributed by atoms with Crippen LogP contribution in [0.2, 0.25) is 0 Å². The Kier molecular flexibility index (Phi) is 3.64. The van der Waals surface area contributed by atoms with E-state index in [1.54, 1.807) is 0 Å². The summed E-state index contributed by atoms with van der Waals surface area (Å²) in [6.07, 6.45) is 4.41. The summed E-state index contributed by atoms with van der Waals surface area (Å²) in [4.78, 5) is 11.3.